The molecule has 0 aliphatic rings. The number of hydrogen-bond donors (Lipinski definition) is 1. The van der Waals surface area contributed by atoms with Crippen molar-refractivity contribution in [2.45, 2.75) is 45.3 Å². The van der Waals surface area contributed by atoms with Crippen molar-refractivity contribution in [2.75, 3.05) is 7.05 Å². The topological polar surface area (TPSA) is 29.3 Å². The maximum atomic E-state index is 13.8. The van der Waals surface area contributed by atoms with Gasteiger partial charge in [0.25, 0.3) is 0 Å². The summed E-state index contributed by atoms with van der Waals surface area (Å²) in [6, 6.07) is 7.08. The van der Waals surface area contributed by atoms with Gasteiger partial charge in [-0.15, -0.1) is 0 Å². The Morgan fingerprint density at radius 1 is 1.29 bits per heavy atom. The molecule has 0 aliphatic carbocycles. The first kappa shape index (κ1) is 14.1. The van der Waals surface area contributed by atoms with Gasteiger partial charge in [0, 0.05) is 17.6 Å². The van der Waals surface area contributed by atoms with Gasteiger partial charge in [-0.05, 0) is 33.4 Å². The van der Waals surface area contributed by atoms with E-state index in [1.807, 2.05) is 26.1 Å². The summed E-state index contributed by atoms with van der Waals surface area (Å²) in [5, 5.41) is 0. The second-order valence-corrected chi connectivity index (χ2v) is 4.75. The molecule has 3 heteroatoms. The summed E-state index contributed by atoms with van der Waals surface area (Å²) in [5.74, 6) is -0.176. The molecule has 0 saturated heterocycles. The van der Waals surface area contributed by atoms with E-state index in [0.29, 0.717) is 11.6 Å². The maximum absolute atomic E-state index is 13.8. The predicted molar refractivity (Wildman–Crippen MR) is 70.3 cm³/mol. The molecule has 0 saturated carbocycles. The van der Waals surface area contributed by atoms with Crippen LogP contribution in [0.5, 0.6) is 0 Å². The monoisotopic (exact) mass is 238 g/mol. The zero-order valence-electron chi connectivity index (χ0n) is 11.2. The Morgan fingerprint density at radius 3 is 2.35 bits per heavy atom. The Kier molecular flexibility index (Phi) is 5.09. The highest BCUT2D eigenvalue weighted by Gasteiger charge is 2.26. The normalized spacial score (nSPS) is 16.9. The minimum Gasteiger partial charge on any atom is -0.326 e. The highest BCUT2D eigenvalue weighted by Crippen LogP contribution is 2.26. The second-order valence-electron chi connectivity index (χ2n) is 4.75. The van der Waals surface area contributed by atoms with Gasteiger partial charge in [-0.1, -0.05) is 25.1 Å². The molecule has 1 rings (SSSR count). The van der Waals surface area contributed by atoms with E-state index in [-0.39, 0.29) is 17.9 Å². The van der Waals surface area contributed by atoms with Crippen LogP contribution in [0.25, 0.3) is 0 Å². The number of hydrogen-bond acceptors (Lipinski definition) is 2. The molecule has 0 radical (unpaired) electrons. The van der Waals surface area contributed by atoms with Gasteiger partial charge in [0.05, 0.1) is 6.04 Å². The fourth-order valence-electron chi connectivity index (χ4n) is 2.15. The van der Waals surface area contributed by atoms with E-state index >= 15 is 0 Å². The van der Waals surface area contributed by atoms with Crippen molar-refractivity contribution < 1.29 is 4.39 Å². The molecule has 2 nitrogen and oxygen atoms in total. The molecule has 3 atom stereocenters. The van der Waals surface area contributed by atoms with Crippen molar-refractivity contribution in [3.63, 3.8) is 0 Å². The first-order valence-electron chi connectivity index (χ1n) is 6.21. The third kappa shape index (κ3) is 3.27. The van der Waals surface area contributed by atoms with Crippen LogP contribution in [0.3, 0.4) is 0 Å². The van der Waals surface area contributed by atoms with Crippen molar-refractivity contribution in [2.24, 2.45) is 5.73 Å². The van der Waals surface area contributed by atoms with Gasteiger partial charge in [-0.2, -0.15) is 0 Å². The number of nitrogens with zero attached hydrogens (tertiary/aromatic N) is 1. The molecule has 1 aromatic carbocycles. The fraction of sp³-hybridized carbons (Fsp3) is 0.571. The van der Waals surface area contributed by atoms with E-state index < -0.39 is 0 Å². The molecule has 2 N–H and O–H groups in total. The summed E-state index contributed by atoms with van der Waals surface area (Å²) in [4.78, 5) is 2.16. The van der Waals surface area contributed by atoms with Crippen LogP contribution >= 0.6 is 0 Å². The Labute approximate surface area is 104 Å². The van der Waals surface area contributed by atoms with Crippen LogP contribution in [0.1, 0.15) is 38.8 Å². The Morgan fingerprint density at radius 2 is 1.88 bits per heavy atom. The summed E-state index contributed by atoms with van der Waals surface area (Å²) in [7, 11) is 2.01. The fourth-order valence-corrected chi connectivity index (χ4v) is 2.15. The molecule has 0 fully saturated rings. The Balaban J connectivity index is 3.06. The zero-order chi connectivity index (χ0) is 13.0. The van der Waals surface area contributed by atoms with E-state index in [9.17, 15) is 4.39 Å². The van der Waals surface area contributed by atoms with Crippen LogP contribution in [0, 0.1) is 5.82 Å². The molecule has 1 aromatic rings. The molecule has 0 spiro atoms. The molecular weight excluding hydrogens is 215 g/mol. The van der Waals surface area contributed by atoms with E-state index in [1.54, 1.807) is 6.07 Å². The highest BCUT2D eigenvalue weighted by molar-refractivity contribution is 5.22. The van der Waals surface area contributed by atoms with Crippen molar-refractivity contribution in [1.82, 2.24) is 4.90 Å². The minimum absolute atomic E-state index is 0.0776. The van der Waals surface area contributed by atoms with Gasteiger partial charge in [0.15, 0.2) is 0 Å². The SMILES string of the molecule is CCC(C)N(C)C(c1ccccc1F)C(C)N. The lowest BCUT2D eigenvalue weighted by Crippen LogP contribution is -2.42. The Bertz CT molecular complexity index is 352. The first-order chi connectivity index (χ1) is 7.99. The molecule has 0 heterocycles. The average Bonchev–Trinajstić information content (AvgIpc) is 2.30. The number of likely N-dealkylation sites (N-methyl/N-ethyl adjacent to an activating group) is 1. The highest BCUT2D eigenvalue weighted by atomic mass is 19.1. The molecular formula is C14H23FN2. The van der Waals surface area contributed by atoms with E-state index in [2.05, 4.69) is 18.7 Å². The van der Waals surface area contributed by atoms with Crippen LogP contribution < -0.4 is 5.73 Å². The lowest BCUT2D eigenvalue weighted by molar-refractivity contribution is 0.158. The third-order valence-corrected chi connectivity index (χ3v) is 3.45. The quantitative estimate of drug-likeness (QED) is 0.854. The van der Waals surface area contributed by atoms with Crippen LogP contribution in [0.2, 0.25) is 0 Å². The number of benzene rings is 1. The van der Waals surface area contributed by atoms with Gasteiger partial charge < -0.3 is 5.73 Å². The smallest absolute Gasteiger partial charge is 0.128 e. The molecule has 3 unspecified atom stereocenters. The summed E-state index contributed by atoms with van der Waals surface area (Å²) < 4.78 is 13.8. The Hall–Kier alpha value is -0.930. The third-order valence-electron chi connectivity index (χ3n) is 3.45. The van der Waals surface area contributed by atoms with Gasteiger partial charge >= 0.3 is 0 Å². The summed E-state index contributed by atoms with van der Waals surface area (Å²) in [6.45, 7) is 6.19. The van der Waals surface area contributed by atoms with Crippen molar-refractivity contribution >= 4 is 0 Å². The van der Waals surface area contributed by atoms with Gasteiger partial charge in [0.1, 0.15) is 5.82 Å². The van der Waals surface area contributed by atoms with E-state index in [0.717, 1.165) is 6.42 Å². The molecule has 0 amide bonds. The van der Waals surface area contributed by atoms with Crippen LogP contribution in [0.15, 0.2) is 24.3 Å². The second kappa shape index (κ2) is 6.12. The standard InChI is InChI=1S/C14H23FN2/c1-5-10(2)17(4)14(11(3)16)12-8-6-7-9-13(12)15/h6-11,14H,5,16H2,1-4H3. The van der Waals surface area contributed by atoms with Crippen molar-refractivity contribution in [3.05, 3.63) is 35.6 Å². The van der Waals surface area contributed by atoms with Crippen LogP contribution in [-0.4, -0.2) is 24.0 Å². The van der Waals surface area contributed by atoms with Gasteiger partial charge in [0.2, 0.25) is 0 Å². The van der Waals surface area contributed by atoms with Crippen molar-refractivity contribution in [3.8, 4) is 0 Å². The zero-order valence-corrected chi connectivity index (χ0v) is 11.2. The summed E-state index contributed by atoms with van der Waals surface area (Å²) in [6.07, 6.45) is 1.02. The van der Waals surface area contributed by atoms with Crippen LogP contribution in [0.4, 0.5) is 4.39 Å². The molecule has 0 aromatic heterocycles. The summed E-state index contributed by atoms with van der Waals surface area (Å²) >= 11 is 0. The molecule has 96 valence electrons. The number of halogens is 1. The number of nitrogens with two attached hydrogens (primary N) is 1. The average molecular weight is 238 g/mol. The predicted octanol–water partition coefficient (Wildman–Crippen LogP) is 2.94. The maximum Gasteiger partial charge on any atom is 0.128 e. The van der Waals surface area contributed by atoms with Crippen molar-refractivity contribution in [1.29, 1.82) is 0 Å². The summed E-state index contributed by atoms with van der Waals surface area (Å²) in [5.41, 5.74) is 6.71. The molecule has 0 bridgehead atoms. The first-order valence-corrected chi connectivity index (χ1v) is 6.21. The minimum atomic E-state index is -0.176. The van der Waals surface area contributed by atoms with E-state index in [4.69, 9.17) is 5.73 Å². The lowest BCUT2D eigenvalue weighted by Gasteiger charge is -2.35. The van der Waals surface area contributed by atoms with Gasteiger partial charge in [-0.25, -0.2) is 4.39 Å². The lowest BCUT2D eigenvalue weighted by atomic mass is 9.97. The van der Waals surface area contributed by atoms with E-state index in [1.165, 1.54) is 6.07 Å². The largest absolute Gasteiger partial charge is 0.326 e. The van der Waals surface area contributed by atoms with Crippen LogP contribution in [-0.2, 0) is 0 Å². The number of rotatable bonds is 5. The molecule has 0 aliphatic heterocycles. The molecule has 17 heavy (non-hydrogen) atoms. The van der Waals surface area contributed by atoms with Gasteiger partial charge in [-0.3, -0.25) is 4.90 Å².